The minimum atomic E-state index is 0. The van der Waals surface area contributed by atoms with Gasteiger partial charge in [0.05, 0.1) is 0 Å². The fourth-order valence-electron chi connectivity index (χ4n) is 3.71. The molecule has 28 heavy (non-hydrogen) atoms. The third-order valence-electron chi connectivity index (χ3n) is 5.03. The Morgan fingerprint density at radius 3 is 1.39 bits per heavy atom. The van der Waals surface area contributed by atoms with Crippen molar-refractivity contribution in [3.63, 3.8) is 0 Å². The molecule has 4 aromatic carbocycles. The Hall–Kier alpha value is -1.26. The minimum Gasteiger partial charge on any atom is -0.779 e. The summed E-state index contributed by atoms with van der Waals surface area (Å²) in [7, 11) is 0. The third-order valence-corrected chi connectivity index (χ3v) is 5.47. The monoisotopic (exact) mass is 404 g/mol. The second-order valence-electron chi connectivity index (χ2n) is 6.90. The van der Waals surface area contributed by atoms with E-state index in [1.54, 1.807) is 0 Å². The predicted octanol–water partition coefficient (Wildman–Crippen LogP) is 4.21. The number of hydrogen-bond donors (Lipinski definition) is 0. The fourth-order valence-corrected chi connectivity index (χ4v) is 4.06. The van der Waals surface area contributed by atoms with E-state index in [1.165, 1.54) is 22.3 Å². The van der Waals surface area contributed by atoms with Gasteiger partial charge in [-0.1, -0.05) is 78.9 Å². The van der Waals surface area contributed by atoms with E-state index < -0.39 is 0 Å². The number of rotatable bonds is 3. The summed E-state index contributed by atoms with van der Waals surface area (Å²) >= 11 is 5.93. The molecule has 0 N–H and O–H groups in total. The van der Waals surface area contributed by atoms with Crippen LogP contribution in [0.2, 0.25) is 0 Å². The van der Waals surface area contributed by atoms with E-state index in [9.17, 15) is 0 Å². The summed E-state index contributed by atoms with van der Waals surface area (Å²) in [5.41, 5.74) is 9.63. The maximum Gasteiger partial charge on any atom is 1.00 e. The Morgan fingerprint density at radius 1 is 0.536 bits per heavy atom. The summed E-state index contributed by atoms with van der Waals surface area (Å²) in [6.45, 7) is 4.35. The summed E-state index contributed by atoms with van der Waals surface area (Å²) in [4.78, 5) is 0.905. The topological polar surface area (TPSA) is 0 Å². The molecule has 4 aromatic rings. The van der Waals surface area contributed by atoms with Gasteiger partial charge in [0, 0.05) is 0 Å². The molecule has 0 atom stereocenters. The van der Waals surface area contributed by atoms with Crippen LogP contribution in [-0.4, -0.2) is 0 Å². The normalized spacial score (nSPS) is 10.4. The fraction of sp³-hybridized carbons (Fsp3) is 0.0769. The van der Waals surface area contributed by atoms with Gasteiger partial charge in [-0.05, 0) is 70.5 Å². The first kappa shape index (κ1) is 21.4. The van der Waals surface area contributed by atoms with Gasteiger partial charge in [-0.15, -0.1) is 0 Å². The Balaban J connectivity index is 0.00000225. The maximum atomic E-state index is 5.93. The molecule has 0 aliphatic rings. The van der Waals surface area contributed by atoms with Gasteiger partial charge in [0.25, 0.3) is 0 Å². The molecule has 0 saturated carbocycles. The number of aryl methyl sites for hydroxylation is 2. The first-order valence-electron chi connectivity index (χ1n) is 9.17. The van der Waals surface area contributed by atoms with Crippen molar-refractivity contribution in [3.8, 4) is 33.4 Å². The maximum absolute atomic E-state index is 5.93. The summed E-state index contributed by atoms with van der Waals surface area (Å²) in [6.07, 6.45) is 0. The van der Waals surface area contributed by atoms with Gasteiger partial charge in [-0.25, -0.2) is 0 Å². The quantitative estimate of drug-likeness (QED) is 0.364. The van der Waals surface area contributed by atoms with Crippen molar-refractivity contribution in [1.29, 1.82) is 0 Å². The van der Waals surface area contributed by atoms with Crippen molar-refractivity contribution in [2.75, 3.05) is 0 Å². The van der Waals surface area contributed by atoms with Gasteiger partial charge in [-0.3, -0.25) is 0 Å². The summed E-state index contributed by atoms with van der Waals surface area (Å²) < 4.78 is 0. The average Bonchev–Trinajstić information content (AvgIpc) is 2.70. The molecular formula is C26H21KS. The molecule has 0 bridgehead atoms. The molecule has 2 heteroatoms. The Kier molecular flexibility index (Phi) is 7.27. The molecule has 0 aliphatic heterocycles. The van der Waals surface area contributed by atoms with E-state index in [0.29, 0.717) is 0 Å². The smallest absolute Gasteiger partial charge is 0.779 e. The molecule has 0 unspecified atom stereocenters. The molecule has 132 valence electrons. The van der Waals surface area contributed by atoms with Gasteiger partial charge in [-0.2, -0.15) is 4.90 Å². The summed E-state index contributed by atoms with van der Waals surface area (Å²) in [5.74, 6) is 0. The van der Waals surface area contributed by atoms with Crippen LogP contribution >= 0.6 is 0 Å². The van der Waals surface area contributed by atoms with Gasteiger partial charge < -0.3 is 12.6 Å². The molecule has 0 amide bonds. The van der Waals surface area contributed by atoms with Gasteiger partial charge >= 0.3 is 51.4 Å². The zero-order chi connectivity index (χ0) is 18.8. The first-order valence-corrected chi connectivity index (χ1v) is 9.58. The summed E-state index contributed by atoms with van der Waals surface area (Å²) in [6, 6.07) is 31.9. The SMILES string of the molecule is Cc1cccc(C)c1-c1cc(-c2ccccc2)c([S-])c(-c2ccccc2)c1.[K+]. The molecule has 0 fully saturated rings. The standard InChI is InChI=1S/C26H22S.K/c1-18-10-9-11-19(2)25(18)22-16-23(20-12-5-3-6-13-20)26(27)24(17-22)21-14-7-4-8-15-21;/h3-17,27H,1-2H3;/q;+1/p-1. The van der Waals surface area contributed by atoms with Crippen LogP contribution in [0.4, 0.5) is 0 Å². The van der Waals surface area contributed by atoms with Crippen molar-refractivity contribution in [2.24, 2.45) is 0 Å². The van der Waals surface area contributed by atoms with Gasteiger partial charge in [0.1, 0.15) is 0 Å². The molecule has 0 radical (unpaired) electrons. The van der Waals surface area contributed by atoms with Gasteiger partial charge in [0.2, 0.25) is 0 Å². The average molecular weight is 405 g/mol. The third kappa shape index (κ3) is 4.33. The van der Waals surface area contributed by atoms with Crippen LogP contribution in [0, 0.1) is 13.8 Å². The molecule has 0 aromatic heterocycles. The van der Waals surface area contributed by atoms with E-state index in [1.807, 2.05) is 12.1 Å². The van der Waals surface area contributed by atoms with Crippen molar-refractivity contribution in [1.82, 2.24) is 0 Å². The van der Waals surface area contributed by atoms with Crippen LogP contribution in [0.1, 0.15) is 11.1 Å². The molecule has 0 heterocycles. The van der Waals surface area contributed by atoms with Crippen LogP contribution in [0.25, 0.3) is 33.4 Å². The van der Waals surface area contributed by atoms with E-state index in [0.717, 1.165) is 27.1 Å². The molecular weight excluding hydrogens is 383 g/mol. The zero-order valence-corrected chi connectivity index (χ0v) is 20.5. The molecule has 0 nitrogen and oxygen atoms in total. The van der Waals surface area contributed by atoms with Crippen LogP contribution in [0.5, 0.6) is 0 Å². The Labute approximate surface area is 215 Å². The van der Waals surface area contributed by atoms with E-state index >= 15 is 0 Å². The van der Waals surface area contributed by atoms with Crippen LogP contribution in [-0.2, 0) is 12.6 Å². The molecule has 0 aliphatic carbocycles. The van der Waals surface area contributed by atoms with E-state index in [-0.39, 0.29) is 51.4 Å². The number of benzene rings is 4. The van der Waals surface area contributed by atoms with Crippen molar-refractivity contribution < 1.29 is 51.4 Å². The van der Waals surface area contributed by atoms with E-state index in [4.69, 9.17) is 12.6 Å². The first-order chi connectivity index (χ1) is 13.1. The van der Waals surface area contributed by atoms with Crippen LogP contribution in [0.15, 0.2) is 95.9 Å². The second kappa shape index (κ2) is 9.49. The number of hydrogen-bond acceptors (Lipinski definition) is 1. The molecule has 0 saturated heterocycles. The Morgan fingerprint density at radius 2 is 0.964 bits per heavy atom. The molecule has 0 spiro atoms. The van der Waals surface area contributed by atoms with Crippen molar-refractivity contribution in [3.05, 3.63) is 102 Å². The molecule has 4 rings (SSSR count). The van der Waals surface area contributed by atoms with Crippen LogP contribution < -0.4 is 51.4 Å². The second-order valence-corrected chi connectivity index (χ2v) is 7.31. The predicted molar refractivity (Wildman–Crippen MR) is 118 cm³/mol. The zero-order valence-electron chi connectivity index (χ0n) is 16.6. The van der Waals surface area contributed by atoms with Crippen LogP contribution in [0.3, 0.4) is 0 Å². The van der Waals surface area contributed by atoms with E-state index in [2.05, 4.69) is 92.7 Å². The minimum absolute atomic E-state index is 0. The van der Waals surface area contributed by atoms with Crippen molar-refractivity contribution in [2.45, 2.75) is 18.7 Å². The summed E-state index contributed by atoms with van der Waals surface area (Å²) in [5, 5.41) is 0. The van der Waals surface area contributed by atoms with Crippen molar-refractivity contribution >= 4 is 12.6 Å². The largest absolute Gasteiger partial charge is 1.00 e. The van der Waals surface area contributed by atoms with Gasteiger partial charge in [0.15, 0.2) is 0 Å². The Bertz CT molecular complexity index is 1010.